The number of rotatable bonds is 18. The number of hydrogen-bond donors (Lipinski definition) is 0. The van der Waals surface area contributed by atoms with Gasteiger partial charge in [-0.3, -0.25) is 15.0 Å². The SMILES string of the molecule is c1ccc(-c2cccc(-c3ccc4nc(-c5cccc(-c6ccccc6)c5)cc(-c5ccc(-c6ccc7ccccc7n6)cc5)c4c3)c2)cc1.c1ccc(-c2cccc(-c3ccc4nc(-c5cccc(-c6ccccc6)c5)cc(-c5ccc(-c6cnc7ccccc7c6)nc5)c4c3)c2)cc1.c1ccc(-c2cccc(-c3ccc4nc(-c5cccc(-c6ccccc6)c5)cc(-c5cccc(-c6cnc7ccccc7c6)c5)c4c3)c2)cc1. The van der Waals surface area contributed by atoms with Gasteiger partial charge in [0, 0.05) is 89.9 Å². The van der Waals surface area contributed by atoms with Crippen LogP contribution in [-0.2, 0) is 0 Å². The van der Waals surface area contributed by atoms with E-state index in [1.165, 1.54) is 72.3 Å². The molecule has 7 heterocycles. The van der Waals surface area contributed by atoms with Crippen LogP contribution in [0.4, 0.5) is 0 Å². The summed E-state index contributed by atoms with van der Waals surface area (Å²) in [5.74, 6) is 0. The molecule has 0 aliphatic heterocycles. The third-order valence-corrected chi connectivity index (χ3v) is 28.3. The van der Waals surface area contributed by atoms with E-state index in [-0.39, 0.29) is 0 Å². The van der Waals surface area contributed by atoms with Crippen molar-refractivity contribution in [1.29, 1.82) is 0 Å². The molecule has 0 radical (unpaired) electrons. The Morgan fingerprint density at radius 1 is 0.100 bits per heavy atom. The topological polar surface area (TPSA) is 90.2 Å². The largest absolute Gasteiger partial charge is 0.256 e. The molecule has 7 heteroatoms. The molecule has 0 N–H and O–H groups in total. The number of benzene rings is 20. The van der Waals surface area contributed by atoms with Gasteiger partial charge >= 0.3 is 0 Å². The summed E-state index contributed by atoms with van der Waals surface area (Å²) in [6.07, 6.45) is 5.86. The molecule has 7 nitrogen and oxygen atoms in total. The maximum absolute atomic E-state index is 5.27. The van der Waals surface area contributed by atoms with E-state index in [1.807, 2.05) is 55.0 Å². The maximum atomic E-state index is 5.27. The molecule has 7 aromatic heterocycles. The second-order valence-corrected chi connectivity index (χ2v) is 37.9. The molecule has 27 aromatic rings. The number of hydrogen-bond acceptors (Lipinski definition) is 7. The van der Waals surface area contributed by atoms with E-state index in [2.05, 4.69) is 527 Å². The number of pyridine rings is 7. The van der Waals surface area contributed by atoms with Gasteiger partial charge in [-0.05, 0) is 273 Å². The zero-order valence-corrected chi connectivity index (χ0v) is 82.0. The molecule has 0 bridgehead atoms. The first-order valence-electron chi connectivity index (χ1n) is 50.8. The van der Waals surface area contributed by atoms with Gasteiger partial charge in [0.15, 0.2) is 0 Å². The lowest BCUT2D eigenvalue weighted by molar-refractivity contribution is 1.30. The lowest BCUT2D eigenvalue weighted by Gasteiger charge is -2.14. The number of para-hydroxylation sites is 3. The summed E-state index contributed by atoms with van der Waals surface area (Å²) in [5.41, 5.74) is 46.0. The molecule has 0 amide bonds. The van der Waals surface area contributed by atoms with Crippen molar-refractivity contribution in [2.24, 2.45) is 0 Å². The van der Waals surface area contributed by atoms with Gasteiger partial charge in [-0.15, -0.1) is 0 Å². The zero-order chi connectivity index (χ0) is 99.8. The molecule has 27 rings (SSSR count). The number of aromatic nitrogens is 7. The Kier molecular flexibility index (Phi) is 25.2. The summed E-state index contributed by atoms with van der Waals surface area (Å²) in [6, 6.07) is 197. The van der Waals surface area contributed by atoms with Gasteiger partial charge in [0.1, 0.15) is 0 Å². The summed E-state index contributed by atoms with van der Waals surface area (Å²) in [7, 11) is 0. The van der Waals surface area contributed by atoms with Crippen LogP contribution >= 0.6 is 0 Å². The van der Waals surface area contributed by atoms with Gasteiger partial charge in [-0.25, -0.2) is 19.9 Å². The van der Waals surface area contributed by atoms with Crippen LogP contribution in [0.3, 0.4) is 0 Å². The minimum Gasteiger partial charge on any atom is -0.256 e. The van der Waals surface area contributed by atoms with Crippen molar-refractivity contribution in [3.05, 3.63) is 577 Å². The zero-order valence-electron chi connectivity index (χ0n) is 82.0. The molecular formula is C143H95N7. The standard InChI is InChI=1S/2C48H32N2.C47H31N3/c1-3-12-33(13-4-1)35-17-9-19-37(26-35)39-24-25-47-45(30-39)44(31-48(50-47)42-22-11-18-36(28-42)34-14-5-2-6-15-34)40-21-10-20-38(27-40)43-29-41-16-7-8-23-46(41)49-32-43;1-3-11-33(12-4-1)38-16-9-18-40(29-38)41-26-28-47-44(31-41)43(32-48(50-47)42-19-10-17-39(30-42)34-13-5-2-6-14-34)35-21-23-37(24-22-35)46-27-25-36-15-7-8-20-45(36)49-46;1-3-11-32(12-4-1)34-16-9-18-36(25-34)37-21-24-46-43(28-37)42(29-47(50-46)39-19-10-17-35(26-39)33-13-5-2-6-14-33)40-22-23-45(48-30-40)41-27-38-15-7-8-20-44(38)49-31-41/h2*1-32H;1-31H. The van der Waals surface area contributed by atoms with Gasteiger partial charge in [-0.2, -0.15) is 0 Å². The van der Waals surface area contributed by atoms with Crippen molar-refractivity contribution in [2.45, 2.75) is 0 Å². The Morgan fingerprint density at radius 2 is 0.347 bits per heavy atom. The molecule has 0 atom stereocenters. The molecule has 20 aromatic carbocycles. The highest BCUT2D eigenvalue weighted by Gasteiger charge is 2.21. The van der Waals surface area contributed by atoms with Crippen LogP contribution in [0.2, 0.25) is 0 Å². The molecule has 150 heavy (non-hydrogen) atoms. The van der Waals surface area contributed by atoms with Gasteiger partial charge in [0.25, 0.3) is 0 Å². The Bertz CT molecular complexity index is 9290. The Labute approximate surface area is 871 Å². The average molecular weight is 1910 g/mol. The van der Waals surface area contributed by atoms with Crippen molar-refractivity contribution >= 4 is 65.4 Å². The maximum Gasteiger partial charge on any atom is 0.0718 e. The van der Waals surface area contributed by atoms with Crippen molar-refractivity contribution < 1.29 is 0 Å². The highest BCUT2D eigenvalue weighted by atomic mass is 14.7. The molecule has 702 valence electrons. The van der Waals surface area contributed by atoms with Crippen LogP contribution in [0.5, 0.6) is 0 Å². The molecule has 0 fully saturated rings. The summed E-state index contributed by atoms with van der Waals surface area (Å²) < 4.78 is 0. The quantitative estimate of drug-likeness (QED) is 0.0845. The molecular weight excluding hydrogens is 1820 g/mol. The van der Waals surface area contributed by atoms with Gasteiger partial charge < -0.3 is 0 Å². The van der Waals surface area contributed by atoms with Crippen molar-refractivity contribution in [1.82, 2.24) is 34.9 Å². The van der Waals surface area contributed by atoms with Crippen LogP contribution in [-0.4, -0.2) is 34.9 Å². The normalized spacial score (nSPS) is 11.2. The fraction of sp³-hybridized carbons (Fsp3) is 0. The smallest absolute Gasteiger partial charge is 0.0718 e. The van der Waals surface area contributed by atoms with Gasteiger partial charge in [0.2, 0.25) is 0 Å². The summed E-state index contributed by atoms with van der Waals surface area (Å²) in [4.78, 5) is 35.1. The number of fused-ring (bicyclic) bond motifs is 6. The highest BCUT2D eigenvalue weighted by molar-refractivity contribution is 6.04. The monoisotopic (exact) mass is 1910 g/mol. The van der Waals surface area contributed by atoms with Crippen molar-refractivity contribution in [2.75, 3.05) is 0 Å². The summed E-state index contributed by atoms with van der Waals surface area (Å²) in [5, 5.41) is 6.69. The van der Waals surface area contributed by atoms with Crippen molar-refractivity contribution in [3.8, 4) is 201 Å². The predicted octanol–water partition coefficient (Wildman–Crippen LogP) is 37.7. The van der Waals surface area contributed by atoms with E-state index in [4.69, 9.17) is 29.9 Å². The second kappa shape index (κ2) is 41.4. The number of nitrogens with zero attached hydrogens (tertiary/aromatic N) is 7. The minimum atomic E-state index is 0.888. The third kappa shape index (κ3) is 19.5. The second-order valence-electron chi connectivity index (χ2n) is 37.9. The third-order valence-electron chi connectivity index (χ3n) is 28.3. The fourth-order valence-corrected chi connectivity index (χ4v) is 20.4. The average Bonchev–Trinajstić information content (AvgIpc) is 0.766. The van der Waals surface area contributed by atoms with E-state index in [0.29, 0.717) is 0 Å². The molecule has 0 aliphatic carbocycles. The first-order valence-corrected chi connectivity index (χ1v) is 50.8. The van der Waals surface area contributed by atoms with E-state index >= 15 is 0 Å². The lowest BCUT2D eigenvalue weighted by atomic mass is 9.92. The highest BCUT2D eigenvalue weighted by Crippen LogP contribution is 2.44. The van der Waals surface area contributed by atoms with E-state index < -0.39 is 0 Å². The van der Waals surface area contributed by atoms with Gasteiger partial charge in [-0.1, -0.05) is 419 Å². The lowest BCUT2D eigenvalue weighted by Crippen LogP contribution is -1.93. The molecule has 0 spiro atoms. The van der Waals surface area contributed by atoms with E-state index in [1.54, 1.807) is 0 Å². The van der Waals surface area contributed by atoms with Crippen LogP contribution in [0.1, 0.15) is 0 Å². The summed E-state index contributed by atoms with van der Waals surface area (Å²) >= 11 is 0. The van der Waals surface area contributed by atoms with Crippen LogP contribution < -0.4 is 0 Å². The predicted molar refractivity (Wildman–Crippen MR) is 627 cm³/mol. The summed E-state index contributed by atoms with van der Waals surface area (Å²) in [6.45, 7) is 0. The molecule has 0 unspecified atom stereocenters. The Balaban J connectivity index is 0.000000116. The Hall–Kier alpha value is -20.0. The first-order chi connectivity index (χ1) is 74.2. The van der Waals surface area contributed by atoms with Crippen LogP contribution in [0.15, 0.2) is 577 Å². The van der Waals surface area contributed by atoms with E-state index in [0.717, 1.165) is 194 Å². The fourth-order valence-electron chi connectivity index (χ4n) is 20.4. The Morgan fingerprint density at radius 3 is 0.727 bits per heavy atom. The first kappa shape index (κ1) is 91.2. The van der Waals surface area contributed by atoms with E-state index in [9.17, 15) is 0 Å². The van der Waals surface area contributed by atoms with Crippen molar-refractivity contribution in [3.63, 3.8) is 0 Å². The molecule has 0 aliphatic rings. The van der Waals surface area contributed by atoms with Gasteiger partial charge in [0.05, 0.1) is 61.6 Å². The van der Waals surface area contributed by atoms with Crippen LogP contribution in [0, 0.1) is 0 Å². The minimum absolute atomic E-state index is 0.888. The van der Waals surface area contributed by atoms with Crippen LogP contribution in [0.25, 0.3) is 266 Å². The molecule has 0 saturated carbocycles. The molecule has 0 saturated heterocycles.